The Bertz CT molecular complexity index is 614. The lowest BCUT2D eigenvalue weighted by Crippen LogP contribution is -2.14. The van der Waals surface area contributed by atoms with Gasteiger partial charge in [-0.2, -0.15) is 0 Å². The van der Waals surface area contributed by atoms with E-state index in [0.29, 0.717) is 5.02 Å². The van der Waals surface area contributed by atoms with Crippen molar-refractivity contribution in [1.29, 1.82) is 0 Å². The lowest BCUT2D eigenvalue weighted by atomic mass is 9.93. The van der Waals surface area contributed by atoms with Crippen molar-refractivity contribution in [1.82, 2.24) is 0 Å². The summed E-state index contributed by atoms with van der Waals surface area (Å²) < 4.78 is 5.40. The zero-order valence-corrected chi connectivity index (χ0v) is 13.1. The molecule has 0 aliphatic heterocycles. The first-order valence-corrected chi connectivity index (χ1v) is 6.98. The van der Waals surface area contributed by atoms with E-state index in [4.69, 9.17) is 22.1 Å². The van der Waals surface area contributed by atoms with Crippen LogP contribution >= 0.6 is 11.6 Å². The molecular weight excluding hydrogens is 270 g/mol. The van der Waals surface area contributed by atoms with Gasteiger partial charge in [0.2, 0.25) is 0 Å². The van der Waals surface area contributed by atoms with Crippen LogP contribution in [0.4, 0.5) is 0 Å². The fourth-order valence-electron chi connectivity index (χ4n) is 2.61. The van der Waals surface area contributed by atoms with Gasteiger partial charge in [-0.1, -0.05) is 29.8 Å². The third kappa shape index (κ3) is 2.82. The monoisotopic (exact) mass is 289 g/mol. The summed E-state index contributed by atoms with van der Waals surface area (Å²) >= 11 is 6.08. The van der Waals surface area contributed by atoms with Crippen LogP contribution < -0.4 is 10.5 Å². The minimum absolute atomic E-state index is 0.183. The maximum atomic E-state index is 6.42. The minimum Gasteiger partial charge on any atom is -0.496 e. The van der Waals surface area contributed by atoms with Crippen molar-refractivity contribution in [2.75, 3.05) is 7.11 Å². The molecule has 0 amide bonds. The highest BCUT2D eigenvalue weighted by Crippen LogP contribution is 2.31. The van der Waals surface area contributed by atoms with Gasteiger partial charge < -0.3 is 10.5 Å². The molecule has 20 heavy (non-hydrogen) atoms. The van der Waals surface area contributed by atoms with Crippen LogP contribution in [0.1, 0.15) is 33.9 Å². The predicted molar refractivity (Wildman–Crippen MR) is 84.7 cm³/mol. The van der Waals surface area contributed by atoms with Gasteiger partial charge in [-0.15, -0.1) is 0 Å². The second-order valence-corrected chi connectivity index (χ2v) is 5.60. The summed E-state index contributed by atoms with van der Waals surface area (Å²) in [5.74, 6) is 0.920. The molecule has 0 bridgehead atoms. The van der Waals surface area contributed by atoms with E-state index in [-0.39, 0.29) is 6.04 Å². The highest BCUT2D eigenvalue weighted by molar-refractivity contribution is 6.30. The summed E-state index contributed by atoms with van der Waals surface area (Å²) in [6, 6.07) is 9.81. The fraction of sp³-hybridized carbons (Fsp3) is 0.294. The van der Waals surface area contributed by atoms with E-state index in [1.807, 2.05) is 32.0 Å². The van der Waals surface area contributed by atoms with E-state index in [1.54, 1.807) is 7.11 Å². The summed E-state index contributed by atoms with van der Waals surface area (Å²) in [7, 11) is 1.69. The smallest absolute Gasteiger partial charge is 0.124 e. The van der Waals surface area contributed by atoms with Crippen molar-refractivity contribution < 1.29 is 4.74 Å². The van der Waals surface area contributed by atoms with Crippen molar-refractivity contribution in [2.24, 2.45) is 5.73 Å². The Morgan fingerprint density at radius 2 is 1.60 bits per heavy atom. The van der Waals surface area contributed by atoms with Gasteiger partial charge in [-0.25, -0.2) is 0 Å². The molecule has 0 saturated heterocycles. The van der Waals surface area contributed by atoms with Crippen LogP contribution in [0.3, 0.4) is 0 Å². The van der Waals surface area contributed by atoms with Crippen molar-refractivity contribution in [3.63, 3.8) is 0 Å². The molecule has 3 heteroatoms. The molecule has 0 heterocycles. The quantitative estimate of drug-likeness (QED) is 0.913. The zero-order valence-electron chi connectivity index (χ0n) is 12.3. The molecule has 0 aliphatic rings. The average Bonchev–Trinajstić information content (AvgIpc) is 2.40. The first-order chi connectivity index (χ1) is 9.43. The molecule has 0 radical (unpaired) electrons. The maximum absolute atomic E-state index is 6.42. The van der Waals surface area contributed by atoms with Gasteiger partial charge in [0.15, 0.2) is 0 Å². The van der Waals surface area contributed by atoms with Crippen LogP contribution in [0.15, 0.2) is 30.3 Å². The Kier molecular flexibility index (Phi) is 4.36. The lowest BCUT2D eigenvalue weighted by molar-refractivity contribution is 0.408. The fourth-order valence-corrected chi connectivity index (χ4v) is 2.79. The Morgan fingerprint density at radius 1 is 1.00 bits per heavy atom. The van der Waals surface area contributed by atoms with Gasteiger partial charge in [0, 0.05) is 5.02 Å². The first-order valence-electron chi connectivity index (χ1n) is 6.60. The Balaban J connectivity index is 2.48. The first kappa shape index (κ1) is 14.9. The topological polar surface area (TPSA) is 35.2 Å². The van der Waals surface area contributed by atoms with Gasteiger partial charge in [-0.05, 0) is 60.7 Å². The molecule has 0 saturated carbocycles. The van der Waals surface area contributed by atoms with Crippen molar-refractivity contribution in [2.45, 2.75) is 26.8 Å². The van der Waals surface area contributed by atoms with E-state index >= 15 is 0 Å². The third-order valence-electron chi connectivity index (χ3n) is 3.62. The third-order valence-corrected chi connectivity index (χ3v) is 3.86. The van der Waals surface area contributed by atoms with Crippen LogP contribution in [-0.4, -0.2) is 7.11 Å². The molecule has 2 rings (SSSR count). The molecule has 0 aromatic heterocycles. The van der Waals surface area contributed by atoms with Gasteiger partial charge in [0.25, 0.3) is 0 Å². The molecule has 0 aliphatic carbocycles. The predicted octanol–water partition coefficient (Wildman–Crippen LogP) is 4.32. The van der Waals surface area contributed by atoms with Crippen LogP contribution in [0, 0.1) is 20.8 Å². The van der Waals surface area contributed by atoms with Crippen molar-refractivity contribution in [3.05, 3.63) is 63.2 Å². The van der Waals surface area contributed by atoms with E-state index in [0.717, 1.165) is 33.6 Å². The SMILES string of the molecule is COc1c(C)cc(C(N)c2cc(Cl)ccc2C)cc1C. The highest BCUT2D eigenvalue weighted by atomic mass is 35.5. The number of methoxy groups -OCH3 is 1. The summed E-state index contributed by atoms with van der Waals surface area (Å²) in [6.45, 7) is 6.12. The standard InChI is InChI=1S/C17H20ClNO/c1-10-5-6-14(18)9-15(10)16(19)13-7-11(2)17(20-4)12(3)8-13/h5-9,16H,19H2,1-4H3. The summed E-state index contributed by atoms with van der Waals surface area (Å²) in [5.41, 5.74) is 11.9. The number of halogens is 1. The number of aryl methyl sites for hydroxylation is 3. The Hall–Kier alpha value is -1.51. The maximum Gasteiger partial charge on any atom is 0.124 e. The van der Waals surface area contributed by atoms with Crippen LogP contribution in [0.25, 0.3) is 0 Å². The van der Waals surface area contributed by atoms with Gasteiger partial charge in [0.05, 0.1) is 13.2 Å². The molecule has 0 spiro atoms. The van der Waals surface area contributed by atoms with Crippen molar-refractivity contribution >= 4 is 11.6 Å². The Labute approximate surface area is 125 Å². The van der Waals surface area contributed by atoms with Gasteiger partial charge in [0.1, 0.15) is 5.75 Å². The minimum atomic E-state index is -0.183. The van der Waals surface area contributed by atoms with Gasteiger partial charge >= 0.3 is 0 Å². The van der Waals surface area contributed by atoms with Crippen LogP contribution in [0.2, 0.25) is 5.02 Å². The number of rotatable bonds is 3. The van der Waals surface area contributed by atoms with E-state index in [1.165, 1.54) is 0 Å². The van der Waals surface area contributed by atoms with Crippen molar-refractivity contribution in [3.8, 4) is 5.75 Å². The number of hydrogen-bond acceptors (Lipinski definition) is 2. The largest absolute Gasteiger partial charge is 0.496 e. The molecule has 106 valence electrons. The van der Waals surface area contributed by atoms with Crippen LogP contribution in [-0.2, 0) is 0 Å². The second-order valence-electron chi connectivity index (χ2n) is 5.17. The molecular formula is C17H20ClNO. The second kappa shape index (κ2) is 5.86. The van der Waals surface area contributed by atoms with E-state index < -0.39 is 0 Å². The number of hydrogen-bond donors (Lipinski definition) is 1. The summed E-state index contributed by atoms with van der Waals surface area (Å²) in [6.07, 6.45) is 0. The average molecular weight is 290 g/mol. The zero-order chi connectivity index (χ0) is 14.9. The Morgan fingerprint density at radius 3 is 2.15 bits per heavy atom. The van der Waals surface area contributed by atoms with Gasteiger partial charge in [-0.3, -0.25) is 0 Å². The van der Waals surface area contributed by atoms with Crippen LogP contribution in [0.5, 0.6) is 5.75 Å². The molecule has 1 atom stereocenters. The normalized spacial score (nSPS) is 12.3. The molecule has 2 aromatic carbocycles. The molecule has 2 aromatic rings. The molecule has 1 unspecified atom stereocenters. The summed E-state index contributed by atoms with van der Waals surface area (Å²) in [5, 5.41) is 0.711. The molecule has 2 nitrogen and oxygen atoms in total. The number of ether oxygens (including phenoxy) is 1. The number of nitrogens with two attached hydrogens (primary N) is 1. The summed E-state index contributed by atoms with van der Waals surface area (Å²) in [4.78, 5) is 0. The highest BCUT2D eigenvalue weighted by Gasteiger charge is 2.15. The molecule has 0 fully saturated rings. The number of benzene rings is 2. The lowest BCUT2D eigenvalue weighted by Gasteiger charge is -2.18. The van der Waals surface area contributed by atoms with E-state index in [2.05, 4.69) is 19.1 Å². The van der Waals surface area contributed by atoms with E-state index in [9.17, 15) is 0 Å². The molecule has 2 N–H and O–H groups in total.